The fraction of sp³-hybridized carbons (Fsp3) is 0.812. The summed E-state index contributed by atoms with van der Waals surface area (Å²) in [5.74, 6) is 0.339. The number of rotatable bonds is 7. The van der Waals surface area contributed by atoms with Crippen LogP contribution in [0.4, 0.5) is 0 Å². The molecule has 0 fully saturated rings. The Bertz CT molecular complexity index is 341. The van der Waals surface area contributed by atoms with E-state index in [1.807, 2.05) is 41.5 Å². The minimum absolute atomic E-state index is 0.0275. The van der Waals surface area contributed by atoms with Crippen molar-refractivity contribution >= 4 is 5.91 Å². The van der Waals surface area contributed by atoms with Crippen LogP contribution in [0.2, 0.25) is 0 Å². The van der Waals surface area contributed by atoms with Crippen LogP contribution in [0, 0.1) is 5.92 Å². The normalized spacial score (nSPS) is 12.9. The van der Waals surface area contributed by atoms with Gasteiger partial charge in [0.25, 0.3) is 0 Å². The molecule has 0 spiro atoms. The first-order valence-electron chi connectivity index (χ1n) is 7.22. The Morgan fingerprint density at radius 1 is 1.25 bits per heavy atom. The maximum atomic E-state index is 12.2. The van der Waals surface area contributed by atoms with Gasteiger partial charge in [0.2, 0.25) is 5.91 Å². The Hall–Kier alpha value is -0.870. The largest absolute Gasteiger partial charge is 0.350 e. The summed E-state index contributed by atoms with van der Waals surface area (Å²) in [6.45, 7) is 20.7. The Kier molecular flexibility index (Phi) is 6.91. The van der Waals surface area contributed by atoms with E-state index in [0.29, 0.717) is 12.5 Å². The maximum absolute atomic E-state index is 12.2. The minimum atomic E-state index is -0.241. The Morgan fingerprint density at radius 3 is 2.10 bits per heavy atom. The lowest BCUT2D eigenvalue weighted by atomic mass is 9.91. The molecule has 0 aromatic carbocycles. The zero-order valence-electron chi connectivity index (χ0n) is 14.5. The molecule has 1 N–H and O–H groups in total. The van der Waals surface area contributed by atoms with Gasteiger partial charge in [-0.25, -0.2) is 0 Å². The van der Waals surface area contributed by atoms with Gasteiger partial charge in [0.1, 0.15) is 6.54 Å². The number of nitrogens with one attached hydrogen (secondary N) is 1. The highest BCUT2D eigenvalue weighted by Crippen LogP contribution is 2.17. The van der Waals surface area contributed by atoms with Gasteiger partial charge >= 0.3 is 0 Å². The van der Waals surface area contributed by atoms with Crippen LogP contribution in [0.5, 0.6) is 0 Å². The summed E-state index contributed by atoms with van der Waals surface area (Å²) in [6.07, 6.45) is 0. The van der Waals surface area contributed by atoms with E-state index < -0.39 is 0 Å². The molecule has 0 saturated carbocycles. The van der Waals surface area contributed by atoms with E-state index in [2.05, 4.69) is 25.7 Å². The van der Waals surface area contributed by atoms with Crippen molar-refractivity contribution in [1.82, 2.24) is 10.4 Å². The van der Waals surface area contributed by atoms with E-state index >= 15 is 0 Å². The number of hydroxylamine groups is 2. The Balaban J connectivity index is 4.66. The number of carbonyl (C=O) groups is 1. The third-order valence-electron chi connectivity index (χ3n) is 3.41. The van der Waals surface area contributed by atoms with Gasteiger partial charge in [0.15, 0.2) is 0 Å². The highest BCUT2D eigenvalue weighted by Gasteiger charge is 2.29. The van der Waals surface area contributed by atoms with E-state index in [-0.39, 0.29) is 23.5 Å². The molecular weight excluding hydrogens is 252 g/mol. The molecule has 0 atom stereocenters. The van der Waals surface area contributed by atoms with Crippen molar-refractivity contribution < 1.29 is 9.63 Å². The lowest BCUT2D eigenvalue weighted by molar-refractivity contribution is -0.204. The van der Waals surface area contributed by atoms with E-state index in [1.165, 1.54) is 0 Å². The Labute approximate surface area is 124 Å². The van der Waals surface area contributed by atoms with E-state index in [4.69, 9.17) is 4.84 Å². The van der Waals surface area contributed by atoms with Crippen molar-refractivity contribution in [3.05, 3.63) is 12.2 Å². The van der Waals surface area contributed by atoms with Gasteiger partial charge in [0.05, 0.1) is 6.61 Å². The molecule has 0 radical (unpaired) electrons. The van der Waals surface area contributed by atoms with Gasteiger partial charge in [-0.15, -0.1) is 0 Å². The van der Waals surface area contributed by atoms with Crippen molar-refractivity contribution in [1.29, 1.82) is 0 Å². The molecule has 20 heavy (non-hydrogen) atoms. The van der Waals surface area contributed by atoms with Crippen molar-refractivity contribution in [2.45, 2.75) is 66.5 Å². The van der Waals surface area contributed by atoms with Crippen LogP contribution in [-0.4, -0.2) is 35.2 Å². The first-order valence-corrected chi connectivity index (χ1v) is 7.22. The molecule has 0 aromatic heterocycles. The van der Waals surface area contributed by atoms with Gasteiger partial charge in [0, 0.05) is 11.1 Å². The van der Waals surface area contributed by atoms with Gasteiger partial charge in [-0.2, -0.15) is 5.06 Å². The van der Waals surface area contributed by atoms with Crippen molar-refractivity contribution in [3.8, 4) is 0 Å². The molecule has 0 aromatic rings. The van der Waals surface area contributed by atoms with Crippen LogP contribution in [0.3, 0.4) is 0 Å². The van der Waals surface area contributed by atoms with Crippen molar-refractivity contribution in [2.75, 3.05) is 13.2 Å². The molecule has 0 unspecified atom stereocenters. The topological polar surface area (TPSA) is 41.6 Å². The van der Waals surface area contributed by atoms with Gasteiger partial charge < -0.3 is 5.32 Å². The quantitative estimate of drug-likeness (QED) is 0.577. The first-order chi connectivity index (χ1) is 8.86. The predicted molar refractivity (Wildman–Crippen MR) is 84.3 cm³/mol. The van der Waals surface area contributed by atoms with Gasteiger partial charge in [-0.1, -0.05) is 26.0 Å². The van der Waals surface area contributed by atoms with Crippen LogP contribution in [-0.2, 0) is 9.63 Å². The number of amides is 1. The average Bonchev–Trinajstić information content (AvgIpc) is 2.21. The smallest absolute Gasteiger partial charge is 0.237 e. The maximum Gasteiger partial charge on any atom is 0.237 e. The second-order valence-corrected chi connectivity index (χ2v) is 7.36. The lowest BCUT2D eigenvalue weighted by Gasteiger charge is -2.36. The van der Waals surface area contributed by atoms with Crippen LogP contribution < -0.4 is 5.32 Å². The molecule has 0 aliphatic rings. The summed E-state index contributed by atoms with van der Waals surface area (Å²) >= 11 is 0. The predicted octanol–water partition coefficient (Wildman–Crippen LogP) is 3.15. The van der Waals surface area contributed by atoms with Crippen molar-refractivity contribution in [3.63, 3.8) is 0 Å². The second-order valence-electron chi connectivity index (χ2n) is 7.36. The van der Waals surface area contributed by atoms with Crippen molar-refractivity contribution in [2.24, 2.45) is 5.92 Å². The number of nitrogens with zero attached hydrogens (tertiary/aromatic N) is 1. The molecule has 0 heterocycles. The summed E-state index contributed by atoms with van der Waals surface area (Å²) in [6, 6.07) is 0. The van der Waals surface area contributed by atoms with E-state index in [1.54, 1.807) is 5.06 Å². The lowest BCUT2D eigenvalue weighted by Crippen LogP contribution is -2.53. The summed E-state index contributed by atoms with van der Waals surface area (Å²) in [7, 11) is 0. The highest BCUT2D eigenvalue weighted by atomic mass is 16.7. The summed E-state index contributed by atoms with van der Waals surface area (Å²) < 4.78 is 0. The van der Waals surface area contributed by atoms with Crippen LogP contribution >= 0.6 is 0 Å². The molecule has 4 nitrogen and oxygen atoms in total. The SMILES string of the molecule is C=C(C)CON(CC(=O)NC(C)(C)C(C)C)C(C)(C)C. The number of hydrogen-bond acceptors (Lipinski definition) is 3. The van der Waals surface area contributed by atoms with Gasteiger partial charge in [-0.05, 0) is 47.5 Å². The molecule has 0 aliphatic heterocycles. The second kappa shape index (κ2) is 7.23. The summed E-state index contributed by atoms with van der Waals surface area (Å²) in [5.41, 5.74) is 0.464. The molecule has 0 bridgehead atoms. The summed E-state index contributed by atoms with van der Waals surface area (Å²) in [4.78, 5) is 17.9. The first kappa shape index (κ1) is 19.1. The Morgan fingerprint density at radius 2 is 1.75 bits per heavy atom. The zero-order chi connectivity index (χ0) is 16.1. The monoisotopic (exact) mass is 284 g/mol. The fourth-order valence-corrected chi connectivity index (χ4v) is 1.34. The minimum Gasteiger partial charge on any atom is -0.350 e. The fourth-order valence-electron chi connectivity index (χ4n) is 1.34. The molecule has 0 aliphatic carbocycles. The number of hydrogen-bond donors (Lipinski definition) is 1. The highest BCUT2D eigenvalue weighted by molar-refractivity contribution is 5.78. The van der Waals surface area contributed by atoms with Crippen LogP contribution in [0.1, 0.15) is 55.4 Å². The molecule has 1 amide bonds. The molecule has 118 valence electrons. The third-order valence-corrected chi connectivity index (χ3v) is 3.41. The number of carbonyl (C=O) groups excluding carboxylic acids is 1. The average molecular weight is 284 g/mol. The van der Waals surface area contributed by atoms with Gasteiger partial charge in [-0.3, -0.25) is 9.63 Å². The molecule has 4 heteroatoms. The zero-order valence-corrected chi connectivity index (χ0v) is 14.5. The van der Waals surface area contributed by atoms with Crippen LogP contribution in [0.15, 0.2) is 12.2 Å². The standard InChI is InChI=1S/C16H32N2O2/c1-12(2)11-20-18(15(5,6)7)10-14(19)17-16(8,9)13(3)4/h13H,1,10-11H2,2-9H3,(H,17,19). The summed E-state index contributed by atoms with van der Waals surface area (Å²) in [5, 5.41) is 4.78. The third kappa shape index (κ3) is 7.06. The molecular formula is C16H32N2O2. The van der Waals surface area contributed by atoms with Crippen LogP contribution in [0.25, 0.3) is 0 Å². The van der Waals surface area contributed by atoms with E-state index in [9.17, 15) is 4.79 Å². The molecule has 0 saturated heterocycles. The van der Waals surface area contributed by atoms with E-state index in [0.717, 1.165) is 5.57 Å². The molecule has 0 rings (SSSR count).